The van der Waals surface area contributed by atoms with Crippen molar-refractivity contribution in [2.45, 2.75) is 91.3 Å². The lowest BCUT2D eigenvalue weighted by atomic mass is 9.49. The van der Waals surface area contributed by atoms with Crippen LogP contribution in [0.5, 0.6) is 0 Å². The second-order valence-corrected chi connectivity index (χ2v) is 12.7. The number of nitrogens with zero attached hydrogens (tertiary/aromatic N) is 2. The Balaban J connectivity index is 1.20. The van der Waals surface area contributed by atoms with E-state index in [1.165, 1.54) is 43.2 Å². The summed E-state index contributed by atoms with van der Waals surface area (Å²) in [5.41, 5.74) is 0.379. The number of ketones is 1. The first-order valence-corrected chi connectivity index (χ1v) is 13.2. The zero-order valence-electron chi connectivity index (χ0n) is 20.1. The summed E-state index contributed by atoms with van der Waals surface area (Å²) in [6, 6.07) is 0. The van der Waals surface area contributed by atoms with Gasteiger partial charge in [-0.2, -0.15) is 18.3 Å². The van der Waals surface area contributed by atoms with Gasteiger partial charge in [-0.25, -0.2) is 0 Å². The summed E-state index contributed by atoms with van der Waals surface area (Å²) in [7, 11) is 0. The molecule has 5 aliphatic rings. The van der Waals surface area contributed by atoms with Gasteiger partial charge >= 0.3 is 6.18 Å². The molecule has 1 heterocycles. The molecule has 2 unspecified atom stereocenters. The second-order valence-electron chi connectivity index (χ2n) is 12.7. The molecule has 33 heavy (non-hydrogen) atoms. The van der Waals surface area contributed by atoms with Gasteiger partial charge in [-0.3, -0.25) is 9.48 Å². The van der Waals surface area contributed by atoms with Crippen molar-refractivity contribution in [3.05, 3.63) is 18.0 Å². The van der Waals surface area contributed by atoms with Crippen LogP contribution in [0.1, 0.15) is 84.1 Å². The van der Waals surface area contributed by atoms with Crippen LogP contribution in [0.15, 0.2) is 12.4 Å². The summed E-state index contributed by atoms with van der Waals surface area (Å²) >= 11 is 0. The lowest BCUT2D eigenvalue weighted by molar-refractivity contribution is -0.138. The number of hydrogen-bond acceptors (Lipinski definition) is 2. The standard InChI is InChI=1S/C27H37F3N2O/c1-16-6-11-26-17(2)25(26,12-16)10-7-19-20-4-5-22(24(20,3)9-8-21(19)26)23(33)15-32-14-18(13-31-32)27(28,29)30/h13-14,16-17,19-22H,4-12,15H2,1-3H3/t16-,17+,19-,20?,21?,22+,24-,25+,26-/m0/s1. The van der Waals surface area contributed by atoms with E-state index >= 15 is 0 Å². The highest BCUT2D eigenvalue weighted by Crippen LogP contribution is 2.86. The number of aromatic nitrogens is 2. The molecule has 5 aliphatic carbocycles. The van der Waals surface area contributed by atoms with Gasteiger partial charge in [-0.05, 0) is 97.2 Å². The molecule has 3 nitrogen and oxygen atoms in total. The maximum absolute atomic E-state index is 13.3. The molecule has 9 atom stereocenters. The van der Waals surface area contributed by atoms with E-state index in [2.05, 4.69) is 25.9 Å². The zero-order chi connectivity index (χ0) is 23.4. The van der Waals surface area contributed by atoms with Gasteiger partial charge in [0.25, 0.3) is 0 Å². The lowest BCUT2D eigenvalue weighted by Crippen LogP contribution is -2.49. The van der Waals surface area contributed by atoms with Gasteiger partial charge in [0.15, 0.2) is 5.78 Å². The van der Waals surface area contributed by atoms with Crippen molar-refractivity contribution in [3.63, 3.8) is 0 Å². The fourth-order valence-electron chi connectivity index (χ4n) is 10.5. The zero-order valence-corrected chi connectivity index (χ0v) is 20.1. The molecule has 0 radical (unpaired) electrons. The van der Waals surface area contributed by atoms with Crippen LogP contribution in [0.25, 0.3) is 0 Å². The third-order valence-electron chi connectivity index (χ3n) is 11.9. The molecule has 1 aromatic rings. The molecular weight excluding hydrogens is 425 g/mol. The molecule has 0 N–H and O–H groups in total. The van der Waals surface area contributed by atoms with Crippen LogP contribution in [0.2, 0.25) is 0 Å². The predicted octanol–water partition coefficient (Wildman–Crippen LogP) is 6.77. The number of hydrogen-bond donors (Lipinski definition) is 0. The van der Waals surface area contributed by atoms with Crippen LogP contribution < -0.4 is 0 Å². The van der Waals surface area contributed by atoms with Gasteiger partial charge in [-0.15, -0.1) is 0 Å². The molecule has 0 saturated heterocycles. The Morgan fingerprint density at radius 2 is 1.88 bits per heavy atom. The number of alkyl halides is 3. The Hall–Kier alpha value is -1.33. The fraction of sp³-hybridized carbons (Fsp3) is 0.852. The molecule has 0 amide bonds. The maximum Gasteiger partial charge on any atom is 0.419 e. The Morgan fingerprint density at radius 1 is 1.09 bits per heavy atom. The summed E-state index contributed by atoms with van der Waals surface area (Å²) in [4.78, 5) is 13.3. The molecule has 5 fully saturated rings. The van der Waals surface area contributed by atoms with Crippen LogP contribution >= 0.6 is 0 Å². The SMILES string of the molecule is C[C@H]1CC[C@]23C4CC[C@@]5(C)C(CC[C@@H]5C(=O)Cn5cc(C(F)(F)F)cn5)[C@@H]4CC[C@@]2(C1)[C@H]3C. The molecule has 6 rings (SSSR count). The van der Waals surface area contributed by atoms with E-state index in [1.807, 2.05) is 0 Å². The van der Waals surface area contributed by atoms with E-state index in [0.29, 0.717) is 16.7 Å². The molecule has 5 saturated carbocycles. The first-order chi connectivity index (χ1) is 15.5. The molecule has 182 valence electrons. The van der Waals surface area contributed by atoms with Crippen molar-refractivity contribution in [2.75, 3.05) is 0 Å². The number of carbonyl (C=O) groups is 1. The van der Waals surface area contributed by atoms with E-state index in [9.17, 15) is 18.0 Å². The van der Waals surface area contributed by atoms with Gasteiger partial charge < -0.3 is 0 Å². The largest absolute Gasteiger partial charge is 0.419 e. The second kappa shape index (κ2) is 6.87. The van der Waals surface area contributed by atoms with Crippen LogP contribution in [0, 0.1) is 51.8 Å². The lowest BCUT2D eigenvalue weighted by Gasteiger charge is -2.56. The number of rotatable bonds is 3. The van der Waals surface area contributed by atoms with Crippen molar-refractivity contribution in [3.8, 4) is 0 Å². The quantitative estimate of drug-likeness (QED) is 0.497. The minimum Gasteiger partial charge on any atom is -0.297 e. The molecule has 1 aromatic heterocycles. The molecule has 0 aromatic carbocycles. The minimum absolute atomic E-state index is 0.00497. The molecular formula is C27H37F3N2O. The van der Waals surface area contributed by atoms with Crippen molar-refractivity contribution >= 4 is 5.78 Å². The van der Waals surface area contributed by atoms with Gasteiger partial charge in [-0.1, -0.05) is 27.2 Å². The van der Waals surface area contributed by atoms with Gasteiger partial charge in [0.1, 0.15) is 0 Å². The van der Waals surface area contributed by atoms with Gasteiger partial charge in [0.2, 0.25) is 0 Å². The third-order valence-corrected chi connectivity index (χ3v) is 11.9. The Labute approximate surface area is 194 Å². The van der Waals surface area contributed by atoms with Crippen molar-refractivity contribution in [1.82, 2.24) is 9.78 Å². The summed E-state index contributed by atoms with van der Waals surface area (Å²) < 4.78 is 40.0. The predicted molar refractivity (Wildman–Crippen MR) is 119 cm³/mol. The van der Waals surface area contributed by atoms with Crippen molar-refractivity contribution < 1.29 is 18.0 Å². The molecule has 0 aliphatic heterocycles. The average molecular weight is 463 g/mol. The van der Waals surface area contributed by atoms with Gasteiger partial charge in [0.05, 0.1) is 18.3 Å². The first-order valence-electron chi connectivity index (χ1n) is 13.2. The normalized spacial score (nSPS) is 48.4. The van der Waals surface area contributed by atoms with Crippen LogP contribution in [-0.2, 0) is 17.5 Å². The highest BCUT2D eigenvalue weighted by atomic mass is 19.4. The number of halogens is 3. The third kappa shape index (κ3) is 2.81. The number of Topliss-reactive ketones (excluding diaryl/α,β-unsaturated/α-hetero) is 1. The van der Waals surface area contributed by atoms with Crippen LogP contribution in [-0.4, -0.2) is 15.6 Å². The van der Waals surface area contributed by atoms with E-state index in [0.717, 1.165) is 55.3 Å². The van der Waals surface area contributed by atoms with E-state index in [4.69, 9.17) is 0 Å². The highest BCUT2D eigenvalue weighted by Gasteiger charge is 2.80. The maximum atomic E-state index is 13.3. The summed E-state index contributed by atoms with van der Waals surface area (Å²) in [6.07, 6.45) is 8.61. The molecule has 6 heteroatoms. The Bertz CT molecular complexity index is 971. The highest BCUT2D eigenvalue weighted by molar-refractivity contribution is 5.82. The monoisotopic (exact) mass is 462 g/mol. The topological polar surface area (TPSA) is 34.9 Å². The van der Waals surface area contributed by atoms with E-state index in [-0.39, 0.29) is 23.7 Å². The number of fused-ring (bicyclic) bond motifs is 3. The smallest absolute Gasteiger partial charge is 0.297 e. The first kappa shape index (κ1) is 22.2. The number of carbonyl (C=O) groups excluding carboxylic acids is 1. The summed E-state index contributed by atoms with van der Waals surface area (Å²) in [5, 5.41) is 3.84. The summed E-state index contributed by atoms with van der Waals surface area (Å²) in [5.74, 6) is 3.89. The van der Waals surface area contributed by atoms with Crippen molar-refractivity contribution in [1.29, 1.82) is 0 Å². The molecule has 0 spiro atoms. The van der Waals surface area contributed by atoms with Crippen LogP contribution in [0.3, 0.4) is 0 Å². The van der Waals surface area contributed by atoms with E-state index in [1.54, 1.807) is 0 Å². The van der Waals surface area contributed by atoms with E-state index < -0.39 is 11.7 Å². The Morgan fingerprint density at radius 3 is 2.61 bits per heavy atom. The minimum atomic E-state index is -4.42. The average Bonchev–Trinajstić information content (AvgIpc) is 3.10. The van der Waals surface area contributed by atoms with Crippen molar-refractivity contribution in [2.24, 2.45) is 51.8 Å². The fourth-order valence-corrected chi connectivity index (χ4v) is 10.5. The Kier molecular flexibility index (Phi) is 4.61. The summed E-state index contributed by atoms with van der Waals surface area (Å²) in [6.45, 7) is 7.26. The molecule has 0 bridgehead atoms. The van der Waals surface area contributed by atoms with Crippen LogP contribution in [0.4, 0.5) is 13.2 Å². The van der Waals surface area contributed by atoms with Gasteiger partial charge in [0, 0.05) is 12.1 Å².